The molecule has 3 saturated heterocycles. The second kappa shape index (κ2) is 35.4. The lowest BCUT2D eigenvalue weighted by atomic mass is 9.91. The first kappa shape index (κ1) is 70.3. The van der Waals surface area contributed by atoms with E-state index >= 15 is 0 Å². The maximum Gasteiger partial charge on any atom is 0.410 e. The van der Waals surface area contributed by atoms with Gasteiger partial charge in [0.1, 0.15) is 72.4 Å². The average Bonchev–Trinajstić information content (AvgIpc) is 3.62. The minimum Gasteiger partial charge on any atom is -0.508 e. The lowest BCUT2D eigenvalue weighted by Gasteiger charge is -2.39. The van der Waals surface area contributed by atoms with Crippen molar-refractivity contribution in [1.29, 1.82) is 0 Å². The Kier molecular flexibility index (Phi) is 28.6. The molecular formula is C65H93N5O16S. The number of nitrogens with zero attached hydrogens (tertiary/aromatic N) is 4. The number of hydrogen-bond acceptors (Lipinski definition) is 18. The summed E-state index contributed by atoms with van der Waals surface area (Å²) in [6.45, 7) is 23.9. The summed E-state index contributed by atoms with van der Waals surface area (Å²) >= 11 is 1.81. The summed E-state index contributed by atoms with van der Waals surface area (Å²) in [6.07, 6.45) is 2.51. The number of rotatable bonds is 16. The number of thioether (sulfide) groups is 1. The molecule has 3 fully saturated rings. The molecule has 4 aliphatic rings. The zero-order chi connectivity index (χ0) is 63.7. The van der Waals surface area contributed by atoms with E-state index < -0.39 is 0 Å². The number of nitrogens with one attached hydrogen (secondary N) is 1. The predicted molar refractivity (Wildman–Crippen MR) is 335 cm³/mol. The molecule has 3 heterocycles. The molecular weight excluding hydrogens is 1140 g/mol. The third-order valence-electron chi connectivity index (χ3n) is 14.7. The molecule has 1 aliphatic carbocycles. The molecule has 3 unspecified atom stereocenters. The van der Waals surface area contributed by atoms with Gasteiger partial charge in [-0.15, -0.1) is 0 Å². The van der Waals surface area contributed by atoms with Gasteiger partial charge in [0.15, 0.2) is 0 Å². The molecule has 0 saturated carbocycles. The van der Waals surface area contributed by atoms with Crippen molar-refractivity contribution >= 4 is 35.9 Å². The highest BCUT2D eigenvalue weighted by Gasteiger charge is 2.33. The predicted octanol–water partition coefficient (Wildman–Crippen LogP) is 10.3. The first-order valence-electron chi connectivity index (χ1n) is 29.8. The van der Waals surface area contributed by atoms with Crippen molar-refractivity contribution in [2.24, 2.45) is 0 Å². The number of carbonyl (C=O) groups excluding carboxylic acids is 4. The molecule has 8 rings (SSSR count). The molecule has 22 heteroatoms. The molecule has 0 radical (unpaired) electrons. The third kappa shape index (κ3) is 22.0. The van der Waals surface area contributed by atoms with Gasteiger partial charge < -0.3 is 73.4 Å². The maximum absolute atomic E-state index is 12.2. The quantitative estimate of drug-likeness (QED) is 0.0655. The van der Waals surface area contributed by atoms with Crippen LogP contribution in [0, 0.1) is 27.7 Å². The number of ether oxygens (including phenoxy) is 8. The number of phenols is 4. The number of morpholine rings is 1. The number of likely N-dealkylation sites (N-methyl/N-ethyl adjacent to an activating group) is 2. The van der Waals surface area contributed by atoms with Gasteiger partial charge in [-0.25, -0.2) is 14.4 Å². The van der Waals surface area contributed by atoms with Gasteiger partial charge in [0.2, 0.25) is 5.91 Å². The van der Waals surface area contributed by atoms with Crippen LogP contribution in [0.3, 0.4) is 0 Å². The van der Waals surface area contributed by atoms with Crippen LogP contribution in [0.2, 0.25) is 0 Å². The van der Waals surface area contributed by atoms with Gasteiger partial charge >= 0.3 is 18.3 Å². The molecule has 3 atom stereocenters. The minimum atomic E-state index is -0.348. The first-order chi connectivity index (χ1) is 41.5. The summed E-state index contributed by atoms with van der Waals surface area (Å²) in [5.74, 6) is 5.12. The molecule has 4 aromatic carbocycles. The van der Waals surface area contributed by atoms with Gasteiger partial charge in [0, 0.05) is 79.1 Å². The standard InChI is InChI=1S/C17H26N2O4.C16H23NO5.C16H23NO4S.C16H21NO3/c1-12(2)23-17(21)19-9-8-18(4)10-14(19)11-22-16-7-5-6-15(20)13(16)3;1-11(2)22-16(19)17-7-8-20-9-13(17)10-21-15-6-4-5-14(18)12(15)3;1-11(2)21-16(19)17-7-8-22-10-13(17)9-20-15-6-4-5-14(18)12(15)3;1-11-14(18)8-5-9-15(11)20-10-12-6-3-4-7-13(12)16(19)17-2/h5-7,12,14,20H,8-11H2,1-4H3;2*4-6,11,13,18H,7-10H2,1-3H3;5,8-9,18H,3-4,6-7,10H2,1-2H3,(H,17,19). The molecule has 3 aliphatic heterocycles. The Morgan fingerprint density at radius 1 is 0.563 bits per heavy atom. The summed E-state index contributed by atoms with van der Waals surface area (Å²) in [7, 11) is 3.68. The molecule has 4 amide bonds. The van der Waals surface area contributed by atoms with Crippen molar-refractivity contribution in [2.45, 2.75) is 131 Å². The first-order valence-corrected chi connectivity index (χ1v) is 31.0. The summed E-state index contributed by atoms with van der Waals surface area (Å²) in [6, 6.07) is 20.4. The lowest BCUT2D eigenvalue weighted by Crippen LogP contribution is -2.56. The number of amides is 4. The van der Waals surface area contributed by atoms with Crippen molar-refractivity contribution in [3.8, 4) is 46.0 Å². The van der Waals surface area contributed by atoms with E-state index in [2.05, 4.69) is 10.2 Å². The average molecular weight is 1230 g/mol. The Morgan fingerprint density at radius 3 is 1.44 bits per heavy atom. The summed E-state index contributed by atoms with van der Waals surface area (Å²) in [5.41, 5.74) is 4.74. The highest BCUT2D eigenvalue weighted by atomic mass is 32.2. The molecule has 0 spiro atoms. The second-order valence-corrected chi connectivity index (χ2v) is 23.6. The fourth-order valence-electron chi connectivity index (χ4n) is 9.58. The van der Waals surface area contributed by atoms with Crippen molar-refractivity contribution in [3.05, 3.63) is 106 Å². The number of carbonyl (C=O) groups is 4. The van der Waals surface area contributed by atoms with Crippen molar-refractivity contribution < 1.29 is 77.5 Å². The molecule has 87 heavy (non-hydrogen) atoms. The smallest absolute Gasteiger partial charge is 0.410 e. The van der Waals surface area contributed by atoms with E-state index in [0.29, 0.717) is 92.4 Å². The van der Waals surface area contributed by atoms with Crippen molar-refractivity contribution in [2.75, 3.05) is 98.0 Å². The maximum atomic E-state index is 12.2. The largest absolute Gasteiger partial charge is 0.508 e. The van der Waals surface area contributed by atoms with Crippen molar-refractivity contribution in [3.63, 3.8) is 0 Å². The minimum absolute atomic E-state index is 0.00377. The summed E-state index contributed by atoms with van der Waals surface area (Å²) in [4.78, 5) is 55.6. The van der Waals surface area contributed by atoms with Crippen LogP contribution >= 0.6 is 11.8 Å². The van der Waals surface area contributed by atoms with Crippen LogP contribution in [-0.4, -0.2) is 199 Å². The Hall–Kier alpha value is -7.43. The van der Waals surface area contributed by atoms with E-state index in [0.717, 1.165) is 67.0 Å². The highest BCUT2D eigenvalue weighted by Crippen LogP contribution is 2.32. The third-order valence-corrected chi connectivity index (χ3v) is 15.7. The van der Waals surface area contributed by atoms with Gasteiger partial charge in [0.25, 0.3) is 0 Å². The van der Waals surface area contributed by atoms with E-state index in [4.69, 9.17) is 37.9 Å². The van der Waals surface area contributed by atoms with E-state index in [9.17, 15) is 39.6 Å². The topological polar surface area (TPSA) is 248 Å². The van der Waals surface area contributed by atoms with Crippen LogP contribution < -0.4 is 24.3 Å². The van der Waals surface area contributed by atoms with Gasteiger partial charge in [-0.2, -0.15) is 11.8 Å². The summed E-state index contributed by atoms with van der Waals surface area (Å²) in [5, 5.41) is 41.5. The number of aromatic hydroxyl groups is 4. The Balaban J connectivity index is 0.000000212. The van der Waals surface area contributed by atoms with Crippen LogP contribution in [0.15, 0.2) is 83.9 Å². The monoisotopic (exact) mass is 1230 g/mol. The zero-order valence-corrected chi connectivity index (χ0v) is 53.6. The highest BCUT2D eigenvalue weighted by molar-refractivity contribution is 7.99. The van der Waals surface area contributed by atoms with E-state index in [1.165, 1.54) is 0 Å². The van der Waals surface area contributed by atoms with Gasteiger partial charge in [-0.1, -0.05) is 24.3 Å². The molecule has 0 aromatic heterocycles. The molecule has 5 N–H and O–H groups in total. The molecule has 4 aromatic rings. The molecule has 480 valence electrons. The number of phenolic OH excluding ortho intramolecular Hbond substituents is 4. The fourth-order valence-corrected chi connectivity index (χ4v) is 10.6. The molecule has 21 nitrogen and oxygen atoms in total. The SMILES string of the molecule is CNC(=O)C1=C(COc2cccc(O)c2C)CCCC1.Cc1c(O)cccc1OCC1CN(C)CCN1C(=O)OC(C)C.Cc1c(O)cccc1OCC1COCCN1C(=O)OC(C)C.Cc1c(O)cccc1OCC1CSCCN1C(=O)OC(C)C. The van der Waals surface area contributed by atoms with Gasteiger partial charge in [-0.3, -0.25) is 14.6 Å². The van der Waals surface area contributed by atoms with Crippen LogP contribution in [0.25, 0.3) is 0 Å². The molecule has 0 bridgehead atoms. The van der Waals surface area contributed by atoms with E-state index in [-0.39, 0.29) is 90.2 Å². The summed E-state index contributed by atoms with van der Waals surface area (Å²) < 4.78 is 44.5. The van der Waals surface area contributed by atoms with E-state index in [1.54, 1.807) is 95.0 Å². The van der Waals surface area contributed by atoms with Crippen molar-refractivity contribution in [1.82, 2.24) is 24.9 Å². The zero-order valence-electron chi connectivity index (χ0n) is 52.8. The van der Waals surface area contributed by atoms with Gasteiger partial charge in [-0.05, 0) is 156 Å². The van der Waals surface area contributed by atoms with Crippen LogP contribution in [0.4, 0.5) is 14.4 Å². The van der Waals surface area contributed by atoms with Crippen LogP contribution in [0.1, 0.15) is 89.5 Å². The number of piperazine rings is 1. The van der Waals surface area contributed by atoms with E-state index in [1.807, 2.05) is 87.6 Å². The van der Waals surface area contributed by atoms with Crippen LogP contribution in [0.5, 0.6) is 46.0 Å². The lowest BCUT2D eigenvalue weighted by molar-refractivity contribution is -0.117. The fraction of sp³-hybridized carbons (Fsp3) is 0.538. The Bertz CT molecular complexity index is 2790. The Labute approximate surface area is 517 Å². The number of benzene rings is 4. The Morgan fingerprint density at radius 2 is 0.977 bits per heavy atom. The second-order valence-electron chi connectivity index (χ2n) is 22.4. The van der Waals surface area contributed by atoms with Gasteiger partial charge in [0.05, 0.1) is 49.7 Å². The van der Waals surface area contributed by atoms with Crippen LogP contribution in [-0.2, 0) is 23.7 Å². The number of hydrogen-bond donors (Lipinski definition) is 5. The normalized spacial score (nSPS) is 17.8.